The first-order chi connectivity index (χ1) is 11.7. The van der Waals surface area contributed by atoms with Crippen LogP contribution in [0.3, 0.4) is 0 Å². The second kappa shape index (κ2) is 9.08. The smallest absolute Gasteiger partial charge is 0.251 e. The van der Waals surface area contributed by atoms with Gasteiger partial charge in [-0.25, -0.2) is 0 Å². The fraction of sp³-hybridized carbons (Fsp3) is 0.350. The van der Waals surface area contributed by atoms with Crippen molar-refractivity contribution in [3.05, 3.63) is 65.2 Å². The van der Waals surface area contributed by atoms with Crippen LogP contribution < -0.4 is 15.0 Å². The molecule has 0 atom stereocenters. The van der Waals surface area contributed by atoms with Crippen LogP contribution in [-0.4, -0.2) is 26.1 Å². The van der Waals surface area contributed by atoms with Crippen molar-refractivity contribution in [3.8, 4) is 5.75 Å². The molecule has 0 bridgehead atoms. The molecule has 0 aliphatic carbocycles. The van der Waals surface area contributed by atoms with Crippen LogP contribution in [0.15, 0.2) is 48.5 Å². The zero-order valence-corrected chi connectivity index (χ0v) is 14.8. The Labute approximate surface area is 144 Å². The van der Waals surface area contributed by atoms with E-state index in [0.29, 0.717) is 12.1 Å². The number of carbonyl (C=O) groups excluding carboxylic acids is 1. The number of benzene rings is 2. The number of methoxy groups -OCH3 is 1. The standard InChI is InChI=1S/C20H26N2O2/c1-4-22(5-2)15-18-9-7-6-8-17(18)14-21-20(23)16-10-12-19(24-3)13-11-16/h6-13H,4-5,14-15H2,1-3H3,(H,21,23)/p+1. The van der Waals surface area contributed by atoms with E-state index in [9.17, 15) is 4.79 Å². The molecule has 0 unspecified atom stereocenters. The SMILES string of the molecule is CC[NH+](CC)Cc1ccccc1CNC(=O)c1ccc(OC)cc1. The molecule has 0 aliphatic heterocycles. The summed E-state index contributed by atoms with van der Waals surface area (Å²) >= 11 is 0. The van der Waals surface area contributed by atoms with Gasteiger partial charge in [0.15, 0.2) is 0 Å². The summed E-state index contributed by atoms with van der Waals surface area (Å²) in [6.45, 7) is 8.13. The summed E-state index contributed by atoms with van der Waals surface area (Å²) in [7, 11) is 1.61. The van der Waals surface area contributed by atoms with E-state index in [2.05, 4.69) is 37.4 Å². The molecule has 1 amide bonds. The summed E-state index contributed by atoms with van der Waals surface area (Å²) in [5.41, 5.74) is 3.12. The Kier molecular flexibility index (Phi) is 6.82. The summed E-state index contributed by atoms with van der Waals surface area (Å²) in [6, 6.07) is 15.5. The quantitative estimate of drug-likeness (QED) is 0.779. The Hall–Kier alpha value is -2.33. The number of amides is 1. The first-order valence-corrected chi connectivity index (χ1v) is 8.50. The first-order valence-electron chi connectivity index (χ1n) is 8.50. The molecule has 4 heteroatoms. The van der Waals surface area contributed by atoms with E-state index in [4.69, 9.17) is 4.74 Å². The third-order valence-corrected chi connectivity index (χ3v) is 4.35. The van der Waals surface area contributed by atoms with Gasteiger partial charge in [0.2, 0.25) is 0 Å². The second-order valence-corrected chi connectivity index (χ2v) is 5.81. The highest BCUT2D eigenvalue weighted by atomic mass is 16.5. The number of quaternary nitrogens is 1. The molecule has 0 radical (unpaired) electrons. The topological polar surface area (TPSA) is 42.8 Å². The Morgan fingerprint density at radius 1 is 1.00 bits per heavy atom. The molecule has 24 heavy (non-hydrogen) atoms. The molecule has 0 aliphatic rings. The van der Waals surface area contributed by atoms with Crippen molar-refractivity contribution in [2.45, 2.75) is 26.9 Å². The lowest BCUT2D eigenvalue weighted by molar-refractivity contribution is -0.910. The van der Waals surface area contributed by atoms with Gasteiger partial charge in [0.25, 0.3) is 5.91 Å². The zero-order valence-electron chi connectivity index (χ0n) is 14.8. The van der Waals surface area contributed by atoms with E-state index >= 15 is 0 Å². The van der Waals surface area contributed by atoms with Gasteiger partial charge in [0.1, 0.15) is 12.3 Å². The molecule has 0 spiro atoms. The summed E-state index contributed by atoms with van der Waals surface area (Å²) in [6.07, 6.45) is 0. The molecule has 0 saturated carbocycles. The van der Waals surface area contributed by atoms with Gasteiger partial charge in [0.05, 0.1) is 20.2 Å². The van der Waals surface area contributed by atoms with Crippen LogP contribution in [0.2, 0.25) is 0 Å². The average molecular weight is 327 g/mol. The minimum Gasteiger partial charge on any atom is -0.497 e. The van der Waals surface area contributed by atoms with Gasteiger partial charge in [-0.3, -0.25) is 4.79 Å². The monoisotopic (exact) mass is 327 g/mol. The molecule has 2 aromatic rings. The van der Waals surface area contributed by atoms with E-state index in [-0.39, 0.29) is 5.91 Å². The Morgan fingerprint density at radius 2 is 1.62 bits per heavy atom. The Bertz CT molecular complexity index is 649. The Balaban J connectivity index is 2.01. The third kappa shape index (κ3) is 4.83. The van der Waals surface area contributed by atoms with Crippen LogP contribution in [0.4, 0.5) is 0 Å². The first kappa shape index (κ1) is 18.0. The lowest BCUT2D eigenvalue weighted by atomic mass is 10.1. The second-order valence-electron chi connectivity index (χ2n) is 5.81. The number of nitrogens with one attached hydrogen (secondary N) is 2. The number of hydrogen-bond donors (Lipinski definition) is 2. The fourth-order valence-corrected chi connectivity index (χ4v) is 2.69. The minimum atomic E-state index is -0.0670. The van der Waals surface area contributed by atoms with Gasteiger partial charge in [-0.1, -0.05) is 24.3 Å². The van der Waals surface area contributed by atoms with Crippen molar-refractivity contribution in [2.24, 2.45) is 0 Å². The number of rotatable bonds is 8. The molecule has 2 aromatic carbocycles. The lowest BCUT2D eigenvalue weighted by Crippen LogP contribution is -3.10. The van der Waals surface area contributed by atoms with Gasteiger partial charge < -0.3 is 15.0 Å². The molecule has 0 heterocycles. The zero-order chi connectivity index (χ0) is 17.4. The molecule has 2 rings (SSSR count). The average Bonchev–Trinajstić information content (AvgIpc) is 2.65. The fourth-order valence-electron chi connectivity index (χ4n) is 2.69. The van der Waals surface area contributed by atoms with Crippen LogP contribution in [0.1, 0.15) is 35.3 Å². The Morgan fingerprint density at radius 3 is 2.21 bits per heavy atom. The maximum Gasteiger partial charge on any atom is 0.251 e. The molecular formula is C20H27N2O2+. The van der Waals surface area contributed by atoms with Crippen molar-refractivity contribution >= 4 is 5.91 Å². The maximum atomic E-state index is 12.3. The number of carbonyl (C=O) groups is 1. The van der Waals surface area contributed by atoms with Crippen molar-refractivity contribution < 1.29 is 14.4 Å². The molecular weight excluding hydrogens is 300 g/mol. The molecule has 4 nitrogen and oxygen atoms in total. The summed E-state index contributed by atoms with van der Waals surface area (Å²) < 4.78 is 5.12. The van der Waals surface area contributed by atoms with Gasteiger partial charge >= 0.3 is 0 Å². The van der Waals surface area contributed by atoms with Gasteiger partial charge in [-0.2, -0.15) is 0 Å². The third-order valence-electron chi connectivity index (χ3n) is 4.35. The van der Waals surface area contributed by atoms with Crippen LogP contribution in [0, 0.1) is 0 Å². The van der Waals surface area contributed by atoms with Crippen LogP contribution >= 0.6 is 0 Å². The highest BCUT2D eigenvalue weighted by molar-refractivity contribution is 5.94. The normalized spacial score (nSPS) is 10.7. The van der Waals surface area contributed by atoms with Crippen molar-refractivity contribution in [1.29, 1.82) is 0 Å². The van der Waals surface area contributed by atoms with Crippen LogP contribution in [0.5, 0.6) is 5.75 Å². The molecule has 0 saturated heterocycles. The van der Waals surface area contributed by atoms with Crippen molar-refractivity contribution in [1.82, 2.24) is 5.32 Å². The van der Waals surface area contributed by atoms with Crippen LogP contribution in [-0.2, 0) is 13.1 Å². The molecule has 128 valence electrons. The maximum absolute atomic E-state index is 12.3. The largest absolute Gasteiger partial charge is 0.497 e. The van der Waals surface area contributed by atoms with E-state index in [1.54, 1.807) is 31.4 Å². The highest BCUT2D eigenvalue weighted by Crippen LogP contribution is 2.12. The van der Waals surface area contributed by atoms with E-state index < -0.39 is 0 Å². The molecule has 2 N–H and O–H groups in total. The number of hydrogen-bond acceptors (Lipinski definition) is 2. The van der Waals surface area contributed by atoms with E-state index in [1.165, 1.54) is 16.0 Å². The summed E-state index contributed by atoms with van der Waals surface area (Å²) in [4.78, 5) is 13.8. The van der Waals surface area contributed by atoms with E-state index in [0.717, 1.165) is 25.4 Å². The van der Waals surface area contributed by atoms with Gasteiger partial charge in [-0.15, -0.1) is 0 Å². The van der Waals surface area contributed by atoms with Gasteiger partial charge in [-0.05, 0) is 43.7 Å². The van der Waals surface area contributed by atoms with Crippen LogP contribution in [0.25, 0.3) is 0 Å². The van der Waals surface area contributed by atoms with Crippen molar-refractivity contribution in [3.63, 3.8) is 0 Å². The predicted octanol–water partition coefficient (Wildman–Crippen LogP) is 2.05. The van der Waals surface area contributed by atoms with E-state index in [1.807, 2.05) is 6.07 Å². The molecule has 0 aromatic heterocycles. The summed E-state index contributed by atoms with van der Waals surface area (Å²) in [5.74, 6) is 0.682. The lowest BCUT2D eigenvalue weighted by Gasteiger charge is -2.18. The van der Waals surface area contributed by atoms with Gasteiger partial charge in [0, 0.05) is 17.7 Å². The van der Waals surface area contributed by atoms with Crippen molar-refractivity contribution in [2.75, 3.05) is 20.2 Å². The predicted molar refractivity (Wildman–Crippen MR) is 96.4 cm³/mol. The highest BCUT2D eigenvalue weighted by Gasteiger charge is 2.11. The minimum absolute atomic E-state index is 0.0670. The summed E-state index contributed by atoms with van der Waals surface area (Å²) in [5, 5.41) is 3.01. The molecule has 0 fully saturated rings. The number of ether oxygens (including phenoxy) is 1.